The van der Waals surface area contributed by atoms with Crippen molar-refractivity contribution in [3.63, 3.8) is 0 Å². The van der Waals surface area contributed by atoms with Crippen LogP contribution in [0.3, 0.4) is 0 Å². The maximum absolute atomic E-state index is 12.4. The Morgan fingerprint density at radius 2 is 2.33 bits per heavy atom. The molecule has 1 saturated heterocycles. The first-order valence-corrected chi connectivity index (χ1v) is 9.21. The summed E-state index contributed by atoms with van der Waals surface area (Å²) in [5.41, 5.74) is 0.993. The average molecular weight is 347 g/mol. The van der Waals surface area contributed by atoms with Crippen LogP contribution in [0.4, 0.5) is 5.82 Å². The lowest BCUT2D eigenvalue weighted by Gasteiger charge is -2.21. The van der Waals surface area contributed by atoms with Crippen LogP contribution in [0.25, 0.3) is 0 Å². The van der Waals surface area contributed by atoms with Gasteiger partial charge in [0.25, 0.3) is 5.91 Å². The quantitative estimate of drug-likeness (QED) is 0.879. The van der Waals surface area contributed by atoms with Gasteiger partial charge in [0.1, 0.15) is 4.88 Å². The van der Waals surface area contributed by atoms with E-state index in [1.165, 1.54) is 24.2 Å². The standard InChI is InChI=1S/C16H21N5O2S/c22-16(19-14-8-12-10-23-6-5-21(12)20-14)13-9-18-15(24-13)7-11-1-3-17-4-2-11/h8-9,11,17H,1-7,10H2,(H,19,20,22). The van der Waals surface area contributed by atoms with Crippen molar-refractivity contribution >= 4 is 23.1 Å². The van der Waals surface area contributed by atoms with Crippen LogP contribution < -0.4 is 10.6 Å². The molecular formula is C16H21N5O2S. The summed E-state index contributed by atoms with van der Waals surface area (Å²) < 4.78 is 7.27. The summed E-state index contributed by atoms with van der Waals surface area (Å²) in [6.07, 6.45) is 5.01. The number of anilines is 1. The lowest BCUT2D eigenvalue weighted by molar-refractivity contribution is 0.0801. The maximum Gasteiger partial charge on any atom is 0.268 e. The van der Waals surface area contributed by atoms with Gasteiger partial charge in [0, 0.05) is 12.5 Å². The van der Waals surface area contributed by atoms with Crippen LogP contribution in [0.2, 0.25) is 0 Å². The Bertz CT molecular complexity index is 696. The fraction of sp³-hybridized carbons (Fsp3) is 0.562. The molecule has 0 aliphatic carbocycles. The van der Waals surface area contributed by atoms with Gasteiger partial charge in [0.15, 0.2) is 5.82 Å². The molecule has 1 fully saturated rings. The zero-order valence-corrected chi connectivity index (χ0v) is 14.3. The molecule has 0 radical (unpaired) electrons. The van der Waals surface area contributed by atoms with Crippen LogP contribution in [-0.2, 0) is 24.3 Å². The predicted octanol–water partition coefficient (Wildman–Crippen LogP) is 1.66. The monoisotopic (exact) mass is 347 g/mol. The second-order valence-corrected chi connectivity index (χ2v) is 7.38. The molecule has 0 bridgehead atoms. The molecule has 0 saturated carbocycles. The number of nitrogens with one attached hydrogen (secondary N) is 2. The van der Waals surface area contributed by atoms with E-state index in [-0.39, 0.29) is 5.91 Å². The second-order valence-electron chi connectivity index (χ2n) is 6.27. The van der Waals surface area contributed by atoms with Crippen LogP contribution >= 0.6 is 11.3 Å². The third kappa shape index (κ3) is 3.50. The van der Waals surface area contributed by atoms with E-state index in [9.17, 15) is 4.79 Å². The Hall–Kier alpha value is -1.77. The molecule has 1 amide bonds. The minimum absolute atomic E-state index is 0.138. The molecule has 4 heterocycles. The van der Waals surface area contributed by atoms with Gasteiger partial charge in [-0.15, -0.1) is 11.3 Å². The molecule has 2 N–H and O–H groups in total. The lowest BCUT2D eigenvalue weighted by atomic mass is 9.95. The number of amides is 1. The van der Waals surface area contributed by atoms with Crippen LogP contribution in [0.15, 0.2) is 12.3 Å². The summed E-state index contributed by atoms with van der Waals surface area (Å²) in [4.78, 5) is 17.5. The molecule has 2 aromatic heterocycles. The number of thiazole rings is 1. The normalized spacial score (nSPS) is 18.3. The number of ether oxygens (including phenoxy) is 1. The number of carbonyl (C=O) groups is 1. The number of piperidine rings is 1. The summed E-state index contributed by atoms with van der Waals surface area (Å²) in [6.45, 7) is 4.10. The average Bonchev–Trinajstić information content (AvgIpc) is 3.22. The minimum atomic E-state index is -0.138. The Balaban J connectivity index is 1.38. The number of carbonyl (C=O) groups excluding carboxylic acids is 1. The smallest absolute Gasteiger partial charge is 0.268 e. The van der Waals surface area contributed by atoms with Crippen molar-refractivity contribution in [2.45, 2.75) is 32.4 Å². The van der Waals surface area contributed by atoms with Gasteiger partial charge in [-0.25, -0.2) is 4.98 Å². The fourth-order valence-corrected chi connectivity index (χ4v) is 4.10. The molecule has 0 aromatic carbocycles. The topological polar surface area (TPSA) is 81.1 Å². The number of rotatable bonds is 4. The Labute approximate surface area is 144 Å². The van der Waals surface area contributed by atoms with Crippen molar-refractivity contribution in [1.29, 1.82) is 0 Å². The third-order valence-electron chi connectivity index (χ3n) is 4.50. The molecule has 24 heavy (non-hydrogen) atoms. The first-order valence-electron chi connectivity index (χ1n) is 8.39. The Kier molecular flexibility index (Phi) is 4.59. The number of hydrogen-bond donors (Lipinski definition) is 2. The van der Waals surface area contributed by atoms with E-state index in [1.807, 2.05) is 10.7 Å². The van der Waals surface area contributed by atoms with Crippen molar-refractivity contribution < 1.29 is 9.53 Å². The molecule has 8 heteroatoms. The highest BCUT2D eigenvalue weighted by Crippen LogP contribution is 2.23. The predicted molar refractivity (Wildman–Crippen MR) is 91.2 cm³/mol. The van der Waals surface area contributed by atoms with Gasteiger partial charge in [-0.2, -0.15) is 5.10 Å². The van der Waals surface area contributed by atoms with Crippen molar-refractivity contribution in [3.05, 3.63) is 27.8 Å². The number of nitrogens with zero attached hydrogens (tertiary/aromatic N) is 3. The van der Waals surface area contributed by atoms with Crippen molar-refractivity contribution in [2.24, 2.45) is 5.92 Å². The van der Waals surface area contributed by atoms with Gasteiger partial charge in [-0.1, -0.05) is 0 Å². The number of fused-ring (bicyclic) bond motifs is 1. The first kappa shape index (κ1) is 15.7. The molecule has 0 unspecified atom stereocenters. The van der Waals surface area contributed by atoms with Gasteiger partial charge in [-0.3, -0.25) is 9.48 Å². The summed E-state index contributed by atoms with van der Waals surface area (Å²) in [6, 6.07) is 1.87. The lowest BCUT2D eigenvalue weighted by Crippen LogP contribution is -2.28. The summed E-state index contributed by atoms with van der Waals surface area (Å²) >= 11 is 1.49. The highest BCUT2D eigenvalue weighted by Gasteiger charge is 2.19. The zero-order chi connectivity index (χ0) is 16.4. The SMILES string of the molecule is O=C(Nc1cc2n(n1)CCOC2)c1cnc(CC2CCNCC2)s1. The zero-order valence-electron chi connectivity index (χ0n) is 13.5. The third-order valence-corrected chi connectivity index (χ3v) is 5.52. The van der Waals surface area contributed by atoms with Crippen molar-refractivity contribution in [2.75, 3.05) is 25.0 Å². The summed E-state index contributed by atoms with van der Waals surface area (Å²) in [5, 5.41) is 11.7. The van der Waals surface area contributed by atoms with E-state index in [4.69, 9.17) is 4.74 Å². The van der Waals surface area contributed by atoms with E-state index < -0.39 is 0 Å². The van der Waals surface area contributed by atoms with Crippen molar-refractivity contribution in [1.82, 2.24) is 20.1 Å². The summed E-state index contributed by atoms with van der Waals surface area (Å²) in [7, 11) is 0. The minimum Gasteiger partial charge on any atom is -0.373 e. The Morgan fingerprint density at radius 1 is 1.46 bits per heavy atom. The molecule has 7 nitrogen and oxygen atoms in total. The highest BCUT2D eigenvalue weighted by molar-refractivity contribution is 7.13. The van der Waals surface area contributed by atoms with Crippen LogP contribution in [0, 0.1) is 5.92 Å². The molecule has 2 aliphatic rings. The van der Waals surface area contributed by atoms with Crippen molar-refractivity contribution in [3.8, 4) is 0 Å². The summed E-state index contributed by atoms with van der Waals surface area (Å²) in [5.74, 6) is 1.11. The van der Waals surface area contributed by atoms with Gasteiger partial charge >= 0.3 is 0 Å². The number of aromatic nitrogens is 3. The first-order chi connectivity index (χ1) is 11.8. The molecule has 0 atom stereocenters. The molecular weight excluding hydrogens is 326 g/mol. The molecule has 2 aliphatic heterocycles. The molecule has 128 valence electrons. The fourth-order valence-electron chi connectivity index (χ4n) is 3.17. The largest absolute Gasteiger partial charge is 0.373 e. The van der Waals surface area contributed by atoms with Crippen LogP contribution in [0.5, 0.6) is 0 Å². The molecule has 0 spiro atoms. The van der Waals surface area contributed by atoms with Gasteiger partial charge in [0.2, 0.25) is 0 Å². The molecule has 4 rings (SSSR count). The van der Waals surface area contributed by atoms with Gasteiger partial charge in [0.05, 0.1) is 36.7 Å². The van der Waals surface area contributed by atoms with E-state index in [0.29, 0.717) is 29.8 Å². The Morgan fingerprint density at radius 3 is 3.17 bits per heavy atom. The van der Waals surface area contributed by atoms with Crippen LogP contribution in [0.1, 0.15) is 33.2 Å². The number of hydrogen-bond acceptors (Lipinski definition) is 6. The van der Waals surface area contributed by atoms with E-state index >= 15 is 0 Å². The molecule has 2 aromatic rings. The van der Waals surface area contributed by atoms with E-state index in [2.05, 4.69) is 20.7 Å². The second kappa shape index (κ2) is 7.00. The maximum atomic E-state index is 12.4. The highest BCUT2D eigenvalue weighted by atomic mass is 32.1. The van der Waals surface area contributed by atoms with Crippen LogP contribution in [-0.4, -0.2) is 40.4 Å². The van der Waals surface area contributed by atoms with Gasteiger partial charge < -0.3 is 15.4 Å². The van der Waals surface area contributed by atoms with E-state index in [0.717, 1.165) is 36.8 Å². The van der Waals surface area contributed by atoms with Gasteiger partial charge in [-0.05, 0) is 31.8 Å². The van der Waals surface area contributed by atoms with E-state index in [1.54, 1.807) is 6.20 Å².